The van der Waals surface area contributed by atoms with E-state index >= 15 is 0 Å². The zero-order chi connectivity index (χ0) is 18.1. The maximum absolute atomic E-state index is 12.6. The fourth-order valence-electron chi connectivity index (χ4n) is 3.27. The van der Waals surface area contributed by atoms with Crippen LogP contribution >= 0.6 is 0 Å². The van der Waals surface area contributed by atoms with Gasteiger partial charge < -0.3 is 15.1 Å². The third-order valence-corrected chi connectivity index (χ3v) is 4.75. The second-order valence-corrected chi connectivity index (χ2v) is 6.42. The van der Waals surface area contributed by atoms with E-state index in [9.17, 15) is 9.90 Å². The Kier molecular flexibility index (Phi) is 4.05. The molecule has 0 fully saturated rings. The molecule has 5 nitrogen and oxygen atoms in total. The highest BCUT2D eigenvalue weighted by molar-refractivity contribution is 5.83. The molecule has 0 aliphatic heterocycles. The van der Waals surface area contributed by atoms with Crippen molar-refractivity contribution < 1.29 is 5.11 Å². The Labute approximate surface area is 150 Å². The van der Waals surface area contributed by atoms with Crippen LogP contribution in [0.2, 0.25) is 0 Å². The Balaban J connectivity index is 1.69. The number of H-pyrrole nitrogens is 2. The van der Waals surface area contributed by atoms with Crippen molar-refractivity contribution >= 4 is 10.9 Å². The quantitative estimate of drug-likeness (QED) is 0.527. The Bertz CT molecular complexity index is 1110. The molecule has 2 aromatic carbocycles. The number of nitrogens with one attached hydrogen (secondary N) is 2. The third kappa shape index (κ3) is 2.88. The van der Waals surface area contributed by atoms with Crippen molar-refractivity contribution in [2.45, 2.75) is 19.3 Å². The summed E-state index contributed by atoms with van der Waals surface area (Å²) < 4.78 is 0. The van der Waals surface area contributed by atoms with Crippen molar-refractivity contribution in [3.05, 3.63) is 93.7 Å². The first-order chi connectivity index (χ1) is 12.6. The number of aromatic nitrogens is 3. The topological polar surface area (TPSA) is 81.8 Å². The van der Waals surface area contributed by atoms with E-state index in [1.165, 1.54) is 0 Å². The van der Waals surface area contributed by atoms with Gasteiger partial charge in [0, 0.05) is 29.4 Å². The molecule has 1 unspecified atom stereocenters. The average Bonchev–Trinajstić information content (AvgIpc) is 3.08. The van der Waals surface area contributed by atoms with Crippen molar-refractivity contribution in [3.8, 4) is 5.88 Å². The number of fused-ring (bicyclic) bond motifs is 1. The summed E-state index contributed by atoms with van der Waals surface area (Å²) >= 11 is 0. The van der Waals surface area contributed by atoms with Crippen LogP contribution in [0.4, 0.5) is 0 Å². The van der Waals surface area contributed by atoms with E-state index in [2.05, 4.69) is 15.0 Å². The van der Waals surface area contributed by atoms with Crippen LogP contribution in [0.15, 0.2) is 65.6 Å². The van der Waals surface area contributed by atoms with Gasteiger partial charge in [-0.05, 0) is 17.2 Å². The monoisotopic (exact) mass is 345 g/mol. The summed E-state index contributed by atoms with van der Waals surface area (Å²) in [5.74, 6) is -0.333. The van der Waals surface area contributed by atoms with Gasteiger partial charge in [-0.3, -0.25) is 4.79 Å². The predicted octanol–water partition coefficient (Wildman–Crippen LogP) is 3.70. The van der Waals surface area contributed by atoms with Gasteiger partial charge in [-0.2, -0.15) is 0 Å². The van der Waals surface area contributed by atoms with E-state index in [0.29, 0.717) is 17.8 Å². The van der Waals surface area contributed by atoms with Gasteiger partial charge in [0.05, 0.1) is 5.69 Å². The molecule has 0 radical (unpaired) electrons. The Hall–Kier alpha value is -3.34. The molecule has 26 heavy (non-hydrogen) atoms. The molecule has 0 aliphatic rings. The van der Waals surface area contributed by atoms with E-state index < -0.39 is 0 Å². The highest BCUT2D eigenvalue weighted by Crippen LogP contribution is 2.25. The van der Waals surface area contributed by atoms with Crippen LogP contribution in [0, 0.1) is 0 Å². The van der Waals surface area contributed by atoms with Gasteiger partial charge in [-0.15, -0.1) is 0 Å². The molecule has 5 heteroatoms. The molecule has 0 saturated carbocycles. The van der Waals surface area contributed by atoms with Crippen LogP contribution in [0.5, 0.6) is 5.88 Å². The molecule has 0 bridgehead atoms. The minimum Gasteiger partial charge on any atom is -0.492 e. The van der Waals surface area contributed by atoms with Gasteiger partial charge >= 0.3 is 0 Å². The number of benzene rings is 2. The molecular formula is C21H19N3O2. The normalized spacial score (nSPS) is 12.3. The molecule has 2 aromatic heterocycles. The van der Waals surface area contributed by atoms with Gasteiger partial charge in [0.15, 0.2) is 0 Å². The van der Waals surface area contributed by atoms with E-state index in [-0.39, 0.29) is 17.4 Å². The lowest BCUT2D eigenvalue weighted by atomic mass is 9.98. The Morgan fingerprint density at radius 3 is 2.62 bits per heavy atom. The number of rotatable bonds is 4. The fraction of sp³-hybridized carbons (Fsp3) is 0.143. The lowest BCUT2D eigenvalue weighted by Gasteiger charge is -2.12. The zero-order valence-electron chi connectivity index (χ0n) is 14.4. The Morgan fingerprint density at radius 1 is 1.08 bits per heavy atom. The van der Waals surface area contributed by atoms with Crippen LogP contribution in [0.3, 0.4) is 0 Å². The van der Waals surface area contributed by atoms with Crippen LogP contribution in [-0.2, 0) is 6.42 Å². The second kappa shape index (κ2) is 6.52. The van der Waals surface area contributed by atoms with Gasteiger partial charge in [-0.1, -0.05) is 55.5 Å². The van der Waals surface area contributed by atoms with Crippen molar-refractivity contribution in [2.24, 2.45) is 0 Å². The van der Waals surface area contributed by atoms with Gasteiger partial charge in [0.25, 0.3) is 5.56 Å². The first-order valence-corrected chi connectivity index (χ1v) is 8.55. The van der Waals surface area contributed by atoms with E-state index in [0.717, 1.165) is 22.0 Å². The number of hydrogen-bond donors (Lipinski definition) is 3. The summed E-state index contributed by atoms with van der Waals surface area (Å²) in [5.41, 5.74) is 3.47. The maximum Gasteiger partial charge on any atom is 0.270 e. The van der Waals surface area contributed by atoms with Gasteiger partial charge in [-0.25, -0.2) is 4.98 Å². The molecule has 0 saturated heterocycles. The molecular weight excluding hydrogens is 326 g/mol. The second-order valence-electron chi connectivity index (χ2n) is 6.42. The maximum atomic E-state index is 12.6. The number of aromatic hydroxyl groups is 1. The van der Waals surface area contributed by atoms with E-state index in [1.807, 2.05) is 67.7 Å². The van der Waals surface area contributed by atoms with Crippen LogP contribution < -0.4 is 5.56 Å². The van der Waals surface area contributed by atoms with Crippen molar-refractivity contribution in [1.29, 1.82) is 0 Å². The summed E-state index contributed by atoms with van der Waals surface area (Å²) in [6.45, 7) is 1.91. The van der Waals surface area contributed by atoms with E-state index in [4.69, 9.17) is 0 Å². The smallest absolute Gasteiger partial charge is 0.270 e. The number of para-hydroxylation sites is 1. The predicted molar refractivity (Wildman–Crippen MR) is 102 cm³/mol. The van der Waals surface area contributed by atoms with Gasteiger partial charge in [0.1, 0.15) is 5.69 Å². The lowest BCUT2D eigenvalue weighted by molar-refractivity contribution is 0.438. The molecule has 4 aromatic rings. The molecule has 1 atom stereocenters. The first-order valence-electron chi connectivity index (χ1n) is 8.55. The van der Waals surface area contributed by atoms with Crippen LogP contribution in [0.1, 0.15) is 35.4 Å². The molecule has 0 aliphatic carbocycles. The highest BCUT2D eigenvalue weighted by atomic mass is 16.3. The SMILES string of the molecule is CC(c1ccccc1)c1nc(O)c(Cc2c[nH]c3ccccc23)[nH]c1=O. The molecule has 3 N–H and O–H groups in total. The van der Waals surface area contributed by atoms with Crippen molar-refractivity contribution in [1.82, 2.24) is 15.0 Å². The first kappa shape index (κ1) is 16.1. The fourth-order valence-corrected chi connectivity index (χ4v) is 3.27. The molecule has 0 amide bonds. The summed E-state index contributed by atoms with van der Waals surface area (Å²) in [5, 5.41) is 11.5. The molecule has 130 valence electrons. The number of nitrogens with zero attached hydrogens (tertiary/aromatic N) is 1. The standard InChI is InChI=1S/C21H19N3O2/c1-13(14-7-3-2-4-8-14)19-21(26)23-18(20(25)24-19)11-15-12-22-17-10-6-5-9-16(15)17/h2-10,12-13,22H,11H2,1H3,(H,23,26)(H,24,25). The minimum atomic E-state index is -0.269. The largest absolute Gasteiger partial charge is 0.492 e. The van der Waals surface area contributed by atoms with Crippen molar-refractivity contribution in [2.75, 3.05) is 0 Å². The summed E-state index contributed by atoms with van der Waals surface area (Å²) in [6, 6.07) is 17.6. The minimum absolute atomic E-state index is 0.132. The lowest BCUT2D eigenvalue weighted by Crippen LogP contribution is -2.20. The molecule has 2 heterocycles. The number of hydrogen-bond acceptors (Lipinski definition) is 3. The van der Waals surface area contributed by atoms with Crippen LogP contribution in [-0.4, -0.2) is 20.1 Å². The van der Waals surface area contributed by atoms with Crippen molar-refractivity contribution in [3.63, 3.8) is 0 Å². The Morgan fingerprint density at radius 2 is 1.81 bits per heavy atom. The number of aromatic amines is 2. The molecule has 0 spiro atoms. The summed E-state index contributed by atoms with van der Waals surface area (Å²) in [6.07, 6.45) is 2.29. The van der Waals surface area contributed by atoms with E-state index in [1.54, 1.807) is 0 Å². The zero-order valence-corrected chi connectivity index (χ0v) is 14.4. The van der Waals surface area contributed by atoms with Crippen LogP contribution in [0.25, 0.3) is 10.9 Å². The highest BCUT2D eigenvalue weighted by Gasteiger charge is 2.18. The average molecular weight is 345 g/mol. The van der Waals surface area contributed by atoms with Gasteiger partial charge in [0.2, 0.25) is 5.88 Å². The third-order valence-electron chi connectivity index (χ3n) is 4.75. The summed E-state index contributed by atoms with van der Waals surface area (Å²) in [7, 11) is 0. The summed E-state index contributed by atoms with van der Waals surface area (Å²) in [4.78, 5) is 22.8. The molecule has 4 rings (SSSR count).